The molecule has 0 aliphatic rings. The second-order valence-corrected chi connectivity index (χ2v) is 7.51. The molecule has 1 aromatic heterocycles. The van der Waals surface area contributed by atoms with Gasteiger partial charge in [-0.05, 0) is 57.0 Å². The Bertz CT molecular complexity index is 1070. The van der Waals surface area contributed by atoms with Crippen LogP contribution in [0.4, 0.5) is 0 Å². The van der Waals surface area contributed by atoms with Gasteiger partial charge in [-0.25, -0.2) is 4.98 Å². The number of carbonyl (C=O) groups is 1. The third kappa shape index (κ3) is 5.02. The molecule has 2 aromatic carbocycles. The van der Waals surface area contributed by atoms with Crippen molar-refractivity contribution in [3.63, 3.8) is 0 Å². The van der Waals surface area contributed by atoms with Crippen LogP contribution in [0, 0.1) is 13.8 Å². The molecule has 1 heterocycles. The highest BCUT2D eigenvalue weighted by Crippen LogP contribution is 2.19. The van der Waals surface area contributed by atoms with Gasteiger partial charge in [0.25, 0.3) is 5.56 Å². The summed E-state index contributed by atoms with van der Waals surface area (Å²) in [6.45, 7) is 8.44. The van der Waals surface area contributed by atoms with Gasteiger partial charge < -0.3 is 14.6 Å². The van der Waals surface area contributed by atoms with Gasteiger partial charge in [0.2, 0.25) is 5.91 Å². The number of fused-ring (bicyclic) bond motifs is 1. The van der Waals surface area contributed by atoms with Gasteiger partial charge in [0, 0.05) is 6.04 Å². The molecule has 0 saturated carbocycles. The Morgan fingerprint density at radius 1 is 1.17 bits per heavy atom. The minimum Gasteiger partial charge on any atom is -0.493 e. The summed E-state index contributed by atoms with van der Waals surface area (Å²) in [5.74, 6) is 1.24. The van der Waals surface area contributed by atoms with Crippen molar-refractivity contribution in [1.82, 2.24) is 14.9 Å². The van der Waals surface area contributed by atoms with Crippen LogP contribution in [0.25, 0.3) is 10.9 Å². The number of aryl methyl sites for hydroxylation is 2. The molecule has 0 spiro atoms. The van der Waals surface area contributed by atoms with E-state index >= 15 is 0 Å². The summed E-state index contributed by atoms with van der Waals surface area (Å²) < 4.78 is 5.82. The Labute approximate surface area is 170 Å². The third-order valence-electron chi connectivity index (χ3n) is 4.84. The molecule has 3 aromatic rings. The largest absolute Gasteiger partial charge is 0.493 e. The lowest BCUT2D eigenvalue weighted by atomic mass is 10.1. The maximum absolute atomic E-state index is 12.8. The zero-order valence-electron chi connectivity index (χ0n) is 17.4. The van der Waals surface area contributed by atoms with Crippen LogP contribution in [0.1, 0.15) is 37.2 Å². The maximum atomic E-state index is 12.8. The van der Waals surface area contributed by atoms with Crippen LogP contribution in [0.3, 0.4) is 0 Å². The third-order valence-corrected chi connectivity index (χ3v) is 4.84. The number of benzene rings is 2. The molecule has 0 aliphatic carbocycles. The molecule has 0 fully saturated rings. The summed E-state index contributed by atoms with van der Waals surface area (Å²) in [5.41, 5.74) is 2.59. The maximum Gasteiger partial charge on any atom is 0.258 e. The van der Waals surface area contributed by atoms with E-state index in [1.165, 1.54) is 0 Å². The summed E-state index contributed by atoms with van der Waals surface area (Å²) in [7, 11) is 0. The normalized spacial score (nSPS) is 11.1. The fourth-order valence-corrected chi connectivity index (χ4v) is 3.18. The number of nitrogens with one attached hydrogen (secondary N) is 1. The number of para-hydroxylation sites is 1. The monoisotopic (exact) mass is 393 g/mol. The number of H-pyrrole nitrogens is 1. The number of hydrogen-bond acceptors (Lipinski definition) is 4. The molecule has 0 saturated heterocycles. The second-order valence-electron chi connectivity index (χ2n) is 7.51. The number of aromatic amines is 1. The van der Waals surface area contributed by atoms with Gasteiger partial charge in [-0.1, -0.05) is 24.3 Å². The molecule has 1 N–H and O–H groups in total. The van der Waals surface area contributed by atoms with Gasteiger partial charge in [0.1, 0.15) is 11.6 Å². The van der Waals surface area contributed by atoms with E-state index in [-0.39, 0.29) is 30.5 Å². The molecule has 0 aliphatic heterocycles. The van der Waals surface area contributed by atoms with Crippen molar-refractivity contribution in [2.45, 2.75) is 46.7 Å². The molecule has 0 radical (unpaired) electrons. The average Bonchev–Trinajstić information content (AvgIpc) is 2.68. The number of aromatic nitrogens is 2. The van der Waals surface area contributed by atoms with Gasteiger partial charge in [0.15, 0.2) is 0 Å². The van der Waals surface area contributed by atoms with E-state index in [1.54, 1.807) is 23.1 Å². The summed E-state index contributed by atoms with van der Waals surface area (Å²) in [6, 6.07) is 13.2. The number of carbonyl (C=O) groups excluding carboxylic acids is 1. The molecule has 6 nitrogen and oxygen atoms in total. The Morgan fingerprint density at radius 3 is 2.69 bits per heavy atom. The lowest BCUT2D eigenvalue weighted by Crippen LogP contribution is -2.38. The van der Waals surface area contributed by atoms with Crippen LogP contribution in [-0.4, -0.2) is 33.4 Å². The van der Waals surface area contributed by atoms with Crippen molar-refractivity contribution in [2.75, 3.05) is 6.61 Å². The zero-order chi connectivity index (χ0) is 21.0. The fourth-order valence-electron chi connectivity index (χ4n) is 3.18. The van der Waals surface area contributed by atoms with E-state index < -0.39 is 0 Å². The number of nitrogens with zero attached hydrogens (tertiary/aromatic N) is 2. The molecule has 6 heteroatoms. The van der Waals surface area contributed by atoms with Gasteiger partial charge in [-0.15, -0.1) is 0 Å². The van der Waals surface area contributed by atoms with Gasteiger partial charge >= 0.3 is 0 Å². The first kappa shape index (κ1) is 20.6. The first-order chi connectivity index (χ1) is 13.8. The van der Waals surface area contributed by atoms with Gasteiger partial charge in [0.05, 0.1) is 30.5 Å². The smallest absolute Gasteiger partial charge is 0.258 e. The minimum absolute atomic E-state index is 0.0278. The van der Waals surface area contributed by atoms with Crippen LogP contribution in [0.5, 0.6) is 5.75 Å². The summed E-state index contributed by atoms with van der Waals surface area (Å²) >= 11 is 0. The lowest BCUT2D eigenvalue weighted by molar-refractivity contribution is -0.134. The van der Waals surface area contributed by atoms with Crippen molar-refractivity contribution in [3.05, 3.63) is 69.8 Å². The highest BCUT2D eigenvalue weighted by molar-refractivity contribution is 5.78. The van der Waals surface area contributed by atoms with E-state index in [4.69, 9.17) is 4.74 Å². The topological polar surface area (TPSA) is 75.3 Å². The molecule has 0 unspecified atom stereocenters. The fraction of sp³-hybridized carbons (Fsp3) is 0.348. The summed E-state index contributed by atoms with van der Waals surface area (Å²) in [6.07, 6.45) is 0.253. The van der Waals surface area contributed by atoms with Crippen molar-refractivity contribution in [3.8, 4) is 5.75 Å². The number of hydrogen-bond donors (Lipinski definition) is 1. The van der Waals surface area contributed by atoms with E-state index in [9.17, 15) is 9.59 Å². The molecule has 152 valence electrons. The average molecular weight is 393 g/mol. The zero-order valence-corrected chi connectivity index (χ0v) is 17.4. The molecule has 29 heavy (non-hydrogen) atoms. The van der Waals surface area contributed by atoms with E-state index in [0.717, 1.165) is 16.9 Å². The number of ether oxygens (including phenoxy) is 1. The molecule has 0 bridgehead atoms. The molecular formula is C23H27N3O3. The first-order valence-electron chi connectivity index (χ1n) is 9.82. The van der Waals surface area contributed by atoms with Crippen LogP contribution >= 0.6 is 0 Å². The summed E-state index contributed by atoms with van der Waals surface area (Å²) in [5, 5.41) is 0.542. The van der Waals surface area contributed by atoms with Crippen LogP contribution in [0.2, 0.25) is 0 Å². The van der Waals surface area contributed by atoms with Crippen LogP contribution < -0.4 is 10.3 Å². The van der Waals surface area contributed by atoms with Crippen molar-refractivity contribution in [2.24, 2.45) is 0 Å². The van der Waals surface area contributed by atoms with E-state index in [0.29, 0.717) is 23.3 Å². The quantitative estimate of drug-likeness (QED) is 0.663. The SMILES string of the molecule is Cc1ccc(C)c(OCCC(=O)N(Cc2nc3ccccc3c(=O)[nH]2)C(C)C)c1. The van der Waals surface area contributed by atoms with E-state index in [1.807, 2.05) is 52.0 Å². The van der Waals surface area contributed by atoms with Gasteiger partial charge in [-0.2, -0.15) is 0 Å². The Kier molecular flexibility index (Phi) is 6.32. The van der Waals surface area contributed by atoms with Crippen LogP contribution in [-0.2, 0) is 11.3 Å². The Balaban J connectivity index is 1.68. The second kappa shape index (κ2) is 8.90. The van der Waals surface area contributed by atoms with E-state index in [2.05, 4.69) is 9.97 Å². The van der Waals surface area contributed by atoms with Gasteiger partial charge in [-0.3, -0.25) is 9.59 Å². The number of amides is 1. The molecule has 3 rings (SSSR count). The van der Waals surface area contributed by atoms with Crippen molar-refractivity contribution in [1.29, 1.82) is 0 Å². The minimum atomic E-state index is -0.194. The van der Waals surface area contributed by atoms with Crippen LogP contribution in [0.15, 0.2) is 47.3 Å². The molecular weight excluding hydrogens is 366 g/mol. The molecule has 0 atom stereocenters. The first-order valence-corrected chi connectivity index (χ1v) is 9.82. The highest BCUT2D eigenvalue weighted by Gasteiger charge is 2.19. The molecule has 1 amide bonds. The predicted octanol–water partition coefficient (Wildman–Crippen LogP) is 3.75. The Morgan fingerprint density at radius 2 is 1.93 bits per heavy atom. The summed E-state index contributed by atoms with van der Waals surface area (Å²) in [4.78, 5) is 34.1. The lowest BCUT2D eigenvalue weighted by Gasteiger charge is -2.26. The Hall–Kier alpha value is -3.15. The predicted molar refractivity (Wildman–Crippen MR) is 114 cm³/mol. The number of rotatable bonds is 7. The highest BCUT2D eigenvalue weighted by atomic mass is 16.5. The van der Waals surface area contributed by atoms with Crippen molar-refractivity contribution >= 4 is 16.8 Å². The van der Waals surface area contributed by atoms with Crippen molar-refractivity contribution < 1.29 is 9.53 Å². The standard InChI is InChI=1S/C23H27N3O3/c1-15(2)26(14-21-24-19-8-6-5-7-18(19)23(28)25-21)22(27)11-12-29-20-13-16(3)9-10-17(20)4/h5-10,13,15H,11-12,14H2,1-4H3,(H,24,25,28).